The van der Waals surface area contributed by atoms with Crippen LogP contribution >= 0.6 is 0 Å². The van der Waals surface area contributed by atoms with Crippen LogP contribution in [0.3, 0.4) is 0 Å². The standard InChI is InChI=1S/C18H30N4O5/c1-13(19-10-17(22-26-5)14(2)21-25-4)16-9-7-6-8-15(16)12-27-20-11-18(23)24-3/h6-10,13-14,17,20-22H,11-12H2,1-5H3. The van der Waals surface area contributed by atoms with Crippen molar-refractivity contribution in [1.29, 1.82) is 0 Å². The van der Waals surface area contributed by atoms with Gasteiger partial charge in [-0.2, -0.15) is 16.4 Å². The highest BCUT2D eigenvalue weighted by Gasteiger charge is 2.16. The number of hydrogen-bond acceptors (Lipinski definition) is 9. The molecule has 3 unspecified atom stereocenters. The molecule has 3 atom stereocenters. The summed E-state index contributed by atoms with van der Waals surface area (Å²) in [4.78, 5) is 31.1. The molecule has 0 aromatic heterocycles. The second-order valence-corrected chi connectivity index (χ2v) is 5.82. The number of nitrogens with one attached hydrogen (secondary N) is 3. The summed E-state index contributed by atoms with van der Waals surface area (Å²) in [6.07, 6.45) is 1.79. The van der Waals surface area contributed by atoms with Crippen molar-refractivity contribution in [2.24, 2.45) is 4.99 Å². The quantitative estimate of drug-likeness (QED) is 0.202. The fourth-order valence-electron chi connectivity index (χ4n) is 2.34. The maximum absolute atomic E-state index is 11.1. The minimum absolute atomic E-state index is 0.0128. The number of aliphatic imine (C=N–C) groups is 1. The van der Waals surface area contributed by atoms with Gasteiger partial charge in [-0.1, -0.05) is 24.3 Å². The number of rotatable bonds is 13. The molecule has 0 spiro atoms. The molecule has 0 fully saturated rings. The first kappa shape index (κ1) is 23.2. The normalized spacial score (nSPS) is 14.9. The van der Waals surface area contributed by atoms with Gasteiger partial charge in [0.25, 0.3) is 0 Å². The molecule has 9 heteroatoms. The summed E-state index contributed by atoms with van der Waals surface area (Å²) >= 11 is 0. The lowest BCUT2D eigenvalue weighted by Crippen LogP contribution is -2.46. The predicted molar refractivity (Wildman–Crippen MR) is 102 cm³/mol. The number of methoxy groups -OCH3 is 1. The van der Waals surface area contributed by atoms with Crippen LogP contribution in [0.1, 0.15) is 31.0 Å². The number of carbonyl (C=O) groups is 1. The zero-order valence-corrected chi connectivity index (χ0v) is 16.5. The fourth-order valence-corrected chi connectivity index (χ4v) is 2.34. The summed E-state index contributed by atoms with van der Waals surface area (Å²) in [5.74, 6) is -0.392. The first-order valence-electron chi connectivity index (χ1n) is 8.63. The maximum Gasteiger partial charge on any atom is 0.322 e. The number of carbonyl (C=O) groups excluding carboxylic acids is 1. The monoisotopic (exact) mass is 382 g/mol. The van der Waals surface area contributed by atoms with Crippen LogP contribution in [0, 0.1) is 0 Å². The van der Waals surface area contributed by atoms with Crippen LogP contribution in [0.5, 0.6) is 0 Å². The SMILES string of the molecule is CONC(C)C(C=NC(C)c1ccccc1CONCC(=O)OC)NOC. The average Bonchev–Trinajstić information content (AvgIpc) is 2.68. The molecule has 0 aliphatic heterocycles. The maximum atomic E-state index is 11.1. The molecule has 0 bridgehead atoms. The van der Waals surface area contributed by atoms with E-state index in [2.05, 4.69) is 26.2 Å². The van der Waals surface area contributed by atoms with Crippen LogP contribution in [0.15, 0.2) is 29.3 Å². The Morgan fingerprint density at radius 1 is 1.15 bits per heavy atom. The molecule has 0 amide bonds. The van der Waals surface area contributed by atoms with Crippen LogP contribution in [0.2, 0.25) is 0 Å². The van der Waals surface area contributed by atoms with E-state index in [0.29, 0.717) is 6.61 Å². The van der Waals surface area contributed by atoms with E-state index in [1.54, 1.807) is 20.4 Å². The Morgan fingerprint density at radius 3 is 2.52 bits per heavy atom. The second-order valence-electron chi connectivity index (χ2n) is 5.82. The number of hydrogen-bond donors (Lipinski definition) is 3. The number of benzene rings is 1. The lowest BCUT2D eigenvalue weighted by Gasteiger charge is -2.21. The first-order chi connectivity index (χ1) is 13.0. The average molecular weight is 382 g/mol. The molecule has 3 N–H and O–H groups in total. The molecule has 1 rings (SSSR count). The molecule has 27 heavy (non-hydrogen) atoms. The smallest absolute Gasteiger partial charge is 0.322 e. The van der Waals surface area contributed by atoms with Crippen molar-refractivity contribution in [3.05, 3.63) is 35.4 Å². The van der Waals surface area contributed by atoms with Gasteiger partial charge in [-0.3, -0.25) is 14.6 Å². The van der Waals surface area contributed by atoms with Gasteiger partial charge in [0.2, 0.25) is 0 Å². The molecule has 0 aliphatic carbocycles. The number of hydroxylamine groups is 3. The third-order valence-electron chi connectivity index (χ3n) is 3.85. The van der Waals surface area contributed by atoms with Crippen LogP contribution in [0.4, 0.5) is 0 Å². The van der Waals surface area contributed by atoms with Gasteiger partial charge in [0, 0.05) is 6.21 Å². The third-order valence-corrected chi connectivity index (χ3v) is 3.85. The fraction of sp³-hybridized carbons (Fsp3) is 0.556. The van der Waals surface area contributed by atoms with E-state index in [9.17, 15) is 4.79 Å². The highest BCUT2D eigenvalue weighted by Crippen LogP contribution is 2.21. The Hall–Kier alpha value is -1.88. The van der Waals surface area contributed by atoms with Crippen LogP contribution in [-0.2, 0) is 30.7 Å². The molecule has 152 valence electrons. The number of esters is 1. The molecule has 0 radical (unpaired) electrons. The summed E-state index contributed by atoms with van der Waals surface area (Å²) in [5, 5.41) is 0. The van der Waals surface area contributed by atoms with Gasteiger partial charge >= 0.3 is 5.97 Å². The lowest BCUT2D eigenvalue weighted by molar-refractivity contribution is -0.142. The molecule has 0 saturated heterocycles. The van der Waals surface area contributed by atoms with Crippen molar-refractivity contribution in [1.82, 2.24) is 16.4 Å². The summed E-state index contributed by atoms with van der Waals surface area (Å²) in [6.45, 7) is 4.23. The summed E-state index contributed by atoms with van der Waals surface area (Å²) < 4.78 is 4.54. The van der Waals surface area contributed by atoms with Gasteiger partial charge in [0.05, 0.1) is 46.1 Å². The van der Waals surface area contributed by atoms with Gasteiger partial charge in [0.1, 0.15) is 6.54 Å². The Morgan fingerprint density at radius 2 is 1.85 bits per heavy atom. The zero-order valence-electron chi connectivity index (χ0n) is 16.5. The van der Waals surface area contributed by atoms with Crippen molar-refractivity contribution >= 4 is 12.2 Å². The summed E-state index contributed by atoms with van der Waals surface area (Å²) in [7, 11) is 4.44. The molecule has 1 aromatic rings. The summed E-state index contributed by atoms with van der Waals surface area (Å²) in [5.41, 5.74) is 10.3. The van der Waals surface area contributed by atoms with E-state index in [1.807, 2.05) is 38.1 Å². The topological polar surface area (TPSA) is 102 Å². The third kappa shape index (κ3) is 8.57. The molecule has 0 saturated carbocycles. The molecule has 0 aliphatic rings. The molecule has 9 nitrogen and oxygen atoms in total. The van der Waals surface area contributed by atoms with Gasteiger partial charge < -0.3 is 14.4 Å². The second kappa shape index (κ2) is 13.3. The van der Waals surface area contributed by atoms with Gasteiger partial charge in [-0.05, 0) is 25.0 Å². The van der Waals surface area contributed by atoms with E-state index in [1.165, 1.54) is 7.11 Å². The Kier molecular flexibility index (Phi) is 11.4. The van der Waals surface area contributed by atoms with E-state index in [4.69, 9.17) is 14.5 Å². The predicted octanol–water partition coefficient (Wildman–Crippen LogP) is 1.07. The molecular weight excluding hydrogens is 352 g/mol. The minimum atomic E-state index is -0.392. The molecule has 0 heterocycles. The lowest BCUT2D eigenvalue weighted by atomic mass is 10.0. The van der Waals surface area contributed by atoms with Crippen molar-refractivity contribution in [3.8, 4) is 0 Å². The number of ether oxygens (including phenoxy) is 1. The van der Waals surface area contributed by atoms with E-state index in [0.717, 1.165) is 11.1 Å². The first-order valence-corrected chi connectivity index (χ1v) is 8.63. The van der Waals surface area contributed by atoms with Gasteiger partial charge in [0.15, 0.2) is 0 Å². The van der Waals surface area contributed by atoms with E-state index < -0.39 is 5.97 Å². The van der Waals surface area contributed by atoms with Crippen LogP contribution in [-0.4, -0.2) is 52.1 Å². The summed E-state index contributed by atoms with van der Waals surface area (Å²) in [6, 6.07) is 7.51. The van der Waals surface area contributed by atoms with E-state index in [-0.39, 0.29) is 24.7 Å². The van der Waals surface area contributed by atoms with Crippen molar-refractivity contribution in [2.45, 2.75) is 38.6 Å². The van der Waals surface area contributed by atoms with Crippen molar-refractivity contribution in [2.75, 3.05) is 27.9 Å². The minimum Gasteiger partial charge on any atom is -0.468 e. The Labute approximate surface area is 160 Å². The molecule has 1 aromatic carbocycles. The van der Waals surface area contributed by atoms with Gasteiger partial charge in [-0.25, -0.2) is 0 Å². The van der Waals surface area contributed by atoms with Crippen LogP contribution in [0.25, 0.3) is 0 Å². The van der Waals surface area contributed by atoms with E-state index >= 15 is 0 Å². The molecular formula is C18H30N4O5. The highest BCUT2D eigenvalue weighted by molar-refractivity contribution is 5.71. The van der Waals surface area contributed by atoms with Gasteiger partial charge in [-0.15, -0.1) is 0 Å². The van der Waals surface area contributed by atoms with Crippen molar-refractivity contribution in [3.63, 3.8) is 0 Å². The van der Waals surface area contributed by atoms with Crippen molar-refractivity contribution < 1.29 is 24.0 Å². The highest BCUT2D eigenvalue weighted by atomic mass is 16.7. The largest absolute Gasteiger partial charge is 0.468 e. The Balaban J connectivity index is 2.72. The zero-order chi connectivity index (χ0) is 20.1. The Bertz CT molecular complexity index is 585. The van der Waals surface area contributed by atoms with Crippen LogP contribution < -0.4 is 16.4 Å². The number of nitrogens with zero attached hydrogens (tertiary/aromatic N) is 1.